The first-order chi connectivity index (χ1) is 7.93. The Bertz CT molecular complexity index is 254. The van der Waals surface area contributed by atoms with Gasteiger partial charge in [-0.2, -0.15) is 0 Å². The van der Waals surface area contributed by atoms with Gasteiger partial charge in [-0.3, -0.25) is 0 Å². The Labute approximate surface area is 102 Å². The van der Waals surface area contributed by atoms with Gasteiger partial charge in [-0.25, -0.2) is 9.59 Å². The maximum atomic E-state index is 11.6. The van der Waals surface area contributed by atoms with Crippen molar-refractivity contribution in [2.24, 2.45) is 0 Å². The summed E-state index contributed by atoms with van der Waals surface area (Å²) in [5, 5.41) is 20.0. The highest BCUT2D eigenvalue weighted by Crippen LogP contribution is 2.05. The normalized spacial score (nSPS) is 12.3. The molecule has 0 rings (SSSR count). The van der Waals surface area contributed by atoms with Gasteiger partial charge in [-0.15, -0.1) is 0 Å². The Balaban J connectivity index is 3.97. The molecule has 0 spiro atoms. The van der Waals surface area contributed by atoms with Gasteiger partial charge in [-0.1, -0.05) is 13.8 Å². The van der Waals surface area contributed by atoms with Gasteiger partial charge in [0.1, 0.15) is 0 Å². The molecule has 3 N–H and O–H groups in total. The van der Waals surface area contributed by atoms with E-state index >= 15 is 0 Å². The molecule has 0 heterocycles. The predicted octanol–water partition coefficient (Wildman–Crippen LogP) is 0.652. The number of rotatable bonds is 7. The molecule has 1 atom stereocenters. The molecule has 0 saturated heterocycles. The number of urea groups is 1. The number of nitrogens with zero attached hydrogens (tertiary/aromatic N) is 1. The van der Waals surface area contributed by atoms with Crippen molar-refractivity contribution in [2.45, 2.75) is 45.3 Å². The number of carboxylic acid groups (broad SMARTS) is 1. The van der Waals surface area contributed by atoms with E-state index in [9.17, 15) is 9.59 Å². The first-order valence-electron chi connectivity index (χ1n) is 5.85. The van der Waals surface area contributed by atoms with Crippen molar-refractivity contribution in [1.29, 1.82) is 0 Å². The lowest BCUT2D eigenvalue weighted by Gasteiger charge is -2.26. The lowest BCUT2D eigenvalue weighted by atomic mass is 10.1. The summed E-state index contributed by atoms with van der Waals surface area (Å²) in [6, 6.07) is -0.0596. The highest BCUT2D eigenvalue weighted by atomic mass is 16.4. The van der Waals surface area contributed by atoms with E-state index < -0.39 is 12.1 Å². The highest BCUT2D eigenvalue weighted by Gasteiger charge is 2.17. The van der Waals surface area contributed by atoms with Crippen LogP contribution in [0.3, 0.4) is 0 Å². The van der Waals surface area contributed by atoms with Gasteiger partial charge in [-0.05, 0) is 12.8 Å². The second-order valence-corrected chi connectivity index (χ2v) is 3.96. The number of aliphatic carboxylic acids is 1. The molecule has 0 aliphatic carbocycles. The van der Waals surface area contributed by atoms with Crippen LogP contribution >= 0.6 is 0 Å². The number of carboxylic acids is 1. The minimum atomic E-state index is -1.42. The van der Waals surface area contributed by atoms with Gasteiger partial charge in [0.15, 0.2) is 6.10 Å². The van der Waals surface area contributed by atoms with Crippen LogP contribution in [0.1, 0.15) is 33.1 Å². The first-order valence-corrected chi connectivity index (χ1v) is 5.85. The van der Waals surface area contributed by atoms with Crippen LogP contribution < -0.4 is 5.32 Å². The molecule has 0 bridgehead atoms. The average Bonchev–Trinajstić information content (AvgIpc) is 2.29. The maximum absolute atomic E-state index is 11.6. The molecule has 0 aliphatic heterocycles. The van der Waals surface area contributed by atoms with E-state index in [2.05, 4.69) is 5.32 Å². The van der Waals surface area contributed by atoms with Crippen LogP contribution in [0.4, 0.5) is 4.79 Å². The molecule has 17 heavy (non-hydrogen) atoms. The fourth-order valence-electron chi connectivity index (χ4n) is 1.57. The molecular weight excluding hydrogens is 224 g/mol. The molecule has 0 aromatic carbocycles. The van der Waals surface area contributed by atoms with Gasteiger partial charge in [0.05, 0.1) is 0 Å². The maximum Gasteiger partial charge on any atom is 0.332 e. The van der Waals surface area contributed by atoms with Crippen molar-refractivity contribution in [2.75, 3.05) is 13.6 Å². The topological polar surface area (TPSA) is 89.9 Å². The quantitative estimate of drug-likeness (QED) is 0.615. The van der Waals surface area contributed by atoms with Crippen LogP contribution in [0.2, 0.25) is 0 Å². The Hall–Kier alpha value is -1.30. The van der Waals surface area contributed by atoms with Crippen molar-refractivity contribution in [3.8, 4) is 0 Å². The van der Waals surface area contributed by atoms with E-state index in [1.807, 2.05) is 13.8 Å². The number of nitrogens with one attached hydrogen (secondary N) is 1. The summed E-state index contributed by atoms with van der Waals surface area (Å²) >= 11 is 0. The molecule has 2 amide bonds. The van der Waals surface area contributed by atoms with Crippen LogP contribution in [0.15, 0.2) is 0 Å². The van der Waals surface area contributed by atoms with Crippen LogP contribution in [-0.4, -0.2) is 52.9 Å². The Morgan fingerprint density at radius 2 is 1.82 bits per heavy atom. The molecule has 0 aromatic rings. The minimum absolute atomic E-state index is 0.0117. The zero-order valence-corrected chi connectivity index (χ0v) is 10.6. The molecule has 0 aromatic heterocycles. The summed E-state index contributed by atoms with van der Waals surface area (Å²) in [5.41, 5.74) is 0. The van der Waals surface area contributed by atoms with Crippen molar-refractivity contribution in [3.05, 3.63) is 0 Å². The third-order valence-corrected chi connectivity index (χ3v) is 2.79. The number of aliphatic hydroxyl groups is 1. The summed E-state index contributed by atoms with van der Waals surface area (Å²) < 4.78 is 0. The standard InChI is InChI=1S/C11H22N2O4/c1-4-8(5-2)13(3)11(17)12-7-6-9(14)10(15)16/h8-9,14H,4-7H2,1-3H3,(H,12,17)(H,15,16)/t9-/m0/s1. The molecule has 0 unspecified atom stereocenters. The number of carbonyl (C=O) groups is 2. The van der Waals surface area contributed by atoms with Crippen molar-refractivity contribution >= 4 is 12.0 Å². The van der Waals surface area contributed by atoms with E-state index in [0.717, 1.165) is 12.8 Å². The van der Waals surface area contributed by atoms with Crippen LogP contribution in [0.25, 0.3) is 0 Å². The third kappa shape index (κ3) is 5.53. The SMILES string of the molecule is CCC(CC)N(C)C(=O)NCC[C@H](O)C(=O)O. The lowest BCUT2D eigenvalue weighted by molar-refractivity contribution is -0.146. The minimum Gasteiger partial charge on any atom is -0.479 e. The Morgan fingerprint density at radius 1 is 1.29 bits per heavy atom. The second-order valence-electron chi connectivity index (χ2n) is 3.96. The Morgan fingerprint density at radius 3 is 2.24 bits per heavy atom. The fourth-order valence-corrected chi connectivity index (χ4v) is 1.57. The average molecular weight is 246 g/mol. The molecule has 0 radical (unpaired) electrons. The van der Waals surface area contributed by atoms with E-state index in [-0.39, 0.29) is 25.0 Å². The molecular formula is C11H22N2O4. The van der Waals surface area contributed by atoms with Gasteiger partial charge in [0.25, 0.3) is 0 Å². The summed E-state index contributed by atoms with van der Waals surface area (Å²) in [4.78, 5) is 23.6. The molecule has 0 aliphatic rings. The van der Waals surface area contributed by atoms with E-state index in [0.29, 0.717) is 0 Å². The monoisotopic (exact) mass is 246 g/mol. The van der Waals surface area contributed by atoms with Gasteiger partial charge in [0.2, 0.25) is 0 Å². The van der Waals surface area contributed by atoms with Crippen molar-refractivity contribution in [3.63, 3.8) is 0 Å². The largest absolute Gasteiger partial charge is 0.479 e. The van der Waals surface area contributed by atoms with Crippen LogP contribution in [-0.2, 0) is 4.79 Å². The van der Waals surface area contributed by atoms with Gasteiger partial charge < -0.3 is 20.4 Å². The fraction of sp³-hybridized carbons (Fsp3) is 0.818. The number of amides is 2. The zero-order chi connectivity index (χ0) is 13.4. The third-order valence-electron chi connectivity index (χ3n) is 2.79. The molecule has 0 fully saturated rings. The van der Waals surface area contributed by atoms with Crippen molar-refractivity contribution < 1.29 is 19.8 Å². The summed E-state index contributed by atoms with van der Waals surface area (Å²) in [5.74, 6) is -1.27. The smallest absolute Gasteiger partial charge is 0.332 e. The predicted molar refractivity (Wildman–Crippen MR) is 63.8 cm³/mol. The number of hydrogen-bond acceptors (Lipinski definition) is 3. The van der Waals surface area contributed by atoms with Gasteiger partial charge in [0, 0.05) is 26.1 Å². The zero-order valence-electron chi connectivity index (χ0n) is 10.6. The summed E-state index contributed by atoms with van der Waals surface area (Å²) in [6.07, 6.45) is 0.336. The molecule has 6 nitrogen and oxygen atoms in total. The summed E-state index contributed by atoms with van der Waals surface area (Å²) in [6.45, 7) is 4.16. The van der Waals surface area contributed by atoms with Crippen LogP contribution in [0, 0.1) is 0 Å². The van der Waals surface area contributed by atoms with Gasteiger partial charge >= 0.3 is 12.0 Å². The highest BCUT2D eigenvalue weighted by molar-refractivity contribution is 5.74. The molecule has 6 heteroatoms. The number of hydrogen-bond donors (Lipinski definition) is 3. The first kappa shape index (κ1) is 15.7. The van der Waals surface area contributed by atoms with E-state index in [1.54, 1.807) is 11.9 Å². The second kappa shape index (κ2) is 7.89. The Kier molecular flexibility index (Phi) is 7.29. The molecule has 0 saturated carbocycles. The van der Waals surface area contributed by atoms with Crippen molar-refractivity contribution in [1.82, 2.24) is 10.2 Å². The summed E-state index contributed by atoms with van der Waals surface area (Å²) in [7, 11) is 1.71. The lowest BCUT2D eigenvalue weighted by Crippen LogP contribution is -2.44. The van der Waals surface area contributed by atoms with E-state index in [4.69, 9.17) is 10.2 Å². The van der Waals surface area contributed by atoms with E-state index in [1.165, 1.54) is 0 Å². The van der Waals surface area contributed by atoms with Crippen LogP contribution in [0.5, 0.6) is 0 Å². The molecule has 100 valence electrons. The number of carbonyl (C=O) groups excluding carboxylic acids is 1. The number of aliphatic hydroxyl groups excluding tert-OH is 1.